The predicted octanol–water partition coefficient (Wildman–Crippen LogP) is 2.62. The summed E-state index contributed by atoms with van der Waals surface area (Å²) < 4.78 is 22.8. The van der Waals surface area contributed by atoms with Crippen LogP contribution < -0.4 is 15.2 Å². The molecule has 9 heteroatoms. The van der Waals surface area contributed by atoms with E-state index in [-0.39, 0.29) is 18.3 Å². The number of nitrogens with zero attached hydrogens (tertiary/aromatic N) is 3. The number of para-hydroxylation sites is 1. The molecule has 3 aromatic rings. The zero-order valence-corrected chi connectivity index (χ0v) is 15.7. The topological polar surface area (TPSA) is 114 Å². The van der Waals surface area contributed by atoms with Gasteiger partial charge in [0.05, 0.1) is 32.3 Å². The first-order valence-electron chi connectivity index (χ1n) is 8.34. The van der Waals surface area contributed by atoms with Crippen LogP contribution in [0.2, 0.25) is 0 Å². The highest BCUT2D eigenvalue weighted by molar-refractivity contribution is 5.86. The van der Waals surface area contributed by atoms with Crippen LogP contribution in [-0.2, 0) is 11.3 Å². The third kappa shape index (κ3) is 4.14. The maximum absolute atomic E-state index is 11.5. The summed E-state index contributed by atoms with van der Waals surface area (Å²) in [5.74, 6) is 1.30. The van der Waals surface area contributed by atoms with Crippen molar-refractivity contribution in [3.63, 3.8) is 0 Å². The van der Waals surface area contributed by atoms with Gasteiger partial charge in [0.2, 0.25) is 11.7 Å². The van der Waals surface area contributed by atoms with E-state index < -0.39 is 5.97 Å². The molecule has 0 atom stereocenters. The van der Waals surface area contributed by atoms with E-state index in [9.17, 15) is 4.79 Å². The summed E-state index contributed by atoms with van der Waals surface area (Å²) in [7, 11) is 2.83. The molecule has 0 saturated carbocycles. The third-order valence-corrected chi connectivity index (χ3v) is 3.79. The van der Waals surface area contributed by atoms with Gasteiger partial charge in [-0.25, -0.2) is 14.5 Å². The first-order valence-corrected chi connectivity index (χ1v) is 8.34. The van der Waals surface area contributed by atoms with E-state index in [1.807, 2.05) is 19.1 Å². The predicted molar refractivity (Wildman–Crippen MR) is 102 cm³/mol. The van der Waals surface area contributed by atoms with Gasteiger partial charge >= 0.3 is 5.97 Å². The van der Waals surface area contributed by atoms with Crippen LogP contribution in [0.1, 0.15) is 27.6 Å². The van der Waals surface area contributed by atoms with Crippen molar-refractivity contribution in [1.29, 1.82) is 0 Å². The third-order valence-electron chi connectivity index (χ3n) is 3.79. The molecule has 0 aliphatic heterocycles. The van der Waals surface area contributed by atoms with Gasteiger partial charge in [-0.1, -0.05) is 6.07 Å². The Morgan fingerprint density at radius 1 is 1.32 bits per heavy atom. The number of esters is 1. The maximum Gasteiger partial charge on any atom is 0.373 e. The number of carbonyl (C=O) groups excluding carboxylic acids is 1. The number of furan rings is 1. The normalized spacial score (nSPS) is 11.0. The van der Waals surface area contributed by atoms with E-state index in [0.29, 0.717) is 22.8 Å². The minimum absolute atomic E-state index is 0.0878. The Hall–Kier alpha value is -3.75. The van der Waals surface area contributed by atoms with Gasteiger partial charge in [0.15, 0.2) is 11.5 Å². The van der Waals surface area contributed by atoms with Gasteiger partial charge in [0, 0.05) is 5.56 Å². The van der Waals surface area contributed by atoms with Gasteiger partial charge in [-0.2, -0.15) is 5.10 Å². The molecule has 0 radical (unpaired) electrons. The molecule has 0 bridgehead atoms. The van der Waals surface area contributed by atoms with Crippen molar-refractivity contribution in [3.8, 4) is 11.5 Å². The molecule has 2 heterocycles. The van der Waals surface area contributed by atoms with Gasteiger partial charge < -0.3 is 24.4 Å². The maximum atomic E-state index is 11.5. The smallest absolute Gasteiger partial charge is 0.373 e. The van der Waals surface area contributed by atoms with Gasteiger partial charge in [0.25, 0.3) is 0 Å². The highest BCUT2D eigenvalue weighted by Gasteiger charge is 2.14. The number of rotatable bonds is 7. The van der Waals surface area contributed by atoms with E-state index in [1.165, 1.54) is 17.9 Å². The largest absolute Gasteiger partial charge is 0.493 e. The van der Waals surface area contributed by atoms with E-state index in [1.54, 1.807) is 31.7 Å². The second-order valence-electron chi connectivity index (χ2n) is 5.75. The SMILES string of the molecule is COC(=O)c1ccc(COc2c(C=Nn3cc(C)nc3N)cccc2OC)o1. The lowest BCUT2D eigenvalue weighted by Gasteiger charge is -2.12. The Morgan fingerprint density at radius 3 is 2.82 bits per heavy atom. The number of nitrogen functional groups attached to an aromatic ring is 1. The Kier molecular flexibility index (Phi) is 5.64. The lowest BCUT2D eigenvalue weighted by atomic mass is 10.2. The second-order valence-corrected chi connectivity index (χ2v) is 5.75. The number of imidazole rings is 1. The molecule has 28 heavy (non-hydrogen) atoms. The number of methoxy groups -OCH3 is 2. The minimum Gasteiger partial charge on any atom is -0.493 e. The van der Waals surface area contributed by atoms with E-state index in [2.05, 4.69) is 14.8 Å². The fourth-order valence-corrected chi connectivity index (χ4v) is 2.48. The quantitative estimate of drug-likeness (QED) is 0.492. The lowest BCUT2D eigenvalue weighted by molar-refractivity contribution is 0.0561. The Balaban J connectivity index is 1.82. The molecule has 0 aliphatic carbocycles. The average Bonchev–Trinajstić information content (AvgIpc) is 3.30. The van der Waals surface area contributed by atoms with Crippen molar-refractivity contribution in [3.05, 3.63) is 59.3 Å². The molecule has 2 N–H and O–H groups in total. The molecule has 0 unspecified atom stereocenters. The van der Waals surface area contributed by atoms with Crippen molar-refractivity contribution in [2.24, 2.45) is 5.10 Å². The molecular formula is C19H20N4O5. The van der Waals surface area contributed by atoms with E-state index in [4.69, 9.17) is 19.6 Å². The van der Waals surface area contributed by atoms with Crippen molar-refractivity contribution in [1.82, 2.24) is 9.66 Å². The van der Waals surface area contributed by atoms with Crippen LogP contribution in [-0.4, -0.2) is 36.1 Å². The number of aryl methyl sites for hydroxylation is 1. The minimum atomic E-state index is -0.551. The summed E-state index contributed by atoms with van der Waals surface area (Å²) in [6.45, 7) is 1.92. The molecule has 146 valence electrons. The van der Waals surface area contributed by atoms with Gasteiger partial charge in [-0.05, 0) is 31.2 Å². The summed E-state index contributed by atoms with van der Waals surface area (Å²) in [6, 6.07) is 8.58. The molecule has 0 saturated heterocycles. The van der Waals surface area contributed by atoms with Crippen molar-refractivity contribution in [2.45, 2.75) is 13.5 Å². The number of ether oxygens (including phenoxy) is 3. The fraction of sp³-hybridized carbons (Fsp3) is 0.211. The number of nitrogens with two attached hydrogens (primary N) is 1. The van der Waals surface area contributed by atoms with Gasteiger partial charge in [0.1, 0.15) is 12.4 Å². The summed E-state index contributed by atoms with van der Waals surface area (Å²) in [4.78, 5) is 15.6. The molecule has 0 fully saturated rings. The Labute approximate surface area is 161 Å². The van der Waals surface area contributed by atoms with Crippen LogP contribution in [0.4, 0.5) is 5.95 Å². The van der Waals surface area contributed by atoms with Crippen LogP contribution in [0.15, 0.2) is 46.0 Å². The average molecular weight is 384 g/mol. The van der Waals surface area contributed by atoms with Crippen LogP contribution >= 0.6 is 0 Å². The molecular weight excluding hydrogens is 364 g/mol. The van der Waals surface area contributed by atoms with Crippen LogP contribution in [0.25, 0.3) is 0 Å². The number of aromatic nitrogens is 2. The van der Waals surface area contributed by atoms with E-state index >= 15 is 0 Å². The highest BCUT2D eigenvalue weighted by atomic mass is 16.5. The zero-order valence-electron chi connectivity index (χ0n) is 15.7. The molecule has 3 rings (SSSR count). The standard InChI is InChI=1S/C19H20N4O5/c1-12-10-23(19(20)22-12)21-9-13-5-4-6-15(25-2)17(13)27-11-14-7-8-16(28-14)18(24)26-3/h4-10H,11H2,1-3H3,(H2,20,22). The first kappa shape index (κ1) is 19.0. The monoisotopic (exact) mass is 384 g/mol. The fourth-order valence-electron chi connectivity index (χ4n) is 2.48. The van der Waals surface area contributed by atoms with Crippen LogP contribution in [0.5, 0.6) is 11.5 Å². The molecule has 0 spiro atoms. The summed E-state index contributed by atoms with van der Waals surface area (Å²) >= 11 is 0. The molecule has 1 aromatic carbocycles. The number of carbonyl (C=O) groups is 1. The summed E-state index contributed by atoms with van der Waals surface area (Å²) in [5.41, 5.74) is 7.24. The van der Waals surface area contributed by atoms with E-state index in [0.717, 1.165) is 5.69 Å². The molecule has 0 amide bonds. The van der Waals surface area contributed by atoms with Crippen LogP contribution in [0, 0.1) is 6.92 Å². The Bertz CT molecular complexity index is 1010. The van der Waals surface area contributed by atoms with Crippen molar-refractivity contribution < 1.29 is 23.4 Å². The molecule has 2 aromatic heterocycles. The lowest BCUT2D eigenvalue weighted by Crippen LogP contribution is -2.02. The zero-order chi connectivity index (χ0) is 20.1. The summed E-state index contributed by atoms with van der Waals surface area (Å²) in [5, 5.41) is 4.31. The Morgan fingerprint density at radius 2 is 2.14 bits per heavy atom. The molecule has 0 aliphatic rings. The van der Waals surface area contributed by atoms with Crippen molar-refractivity contribution in [2.75, 3.05) is 20.0 Å². The number of anilines is 1. The van der Waals surface area contributed by atoms with Gasteiger partial charge in [-0.15, -0.1) is 0 Å². The number of hydrogen-bond donors (Lipinski definition) is 1. The molecule has 9 nitrogen and oxygen atoms in total. The van der Waals surface area contributed by atoms with Crippen molar-refractivity contribution >= 4 is 18.1 Å². The summed E-state index contributed by atoms with van der Waals surface area (Å²) in [6.07, 6.45) is 3.31. The van der Waals surface area contributed by atoms with Gasteiger partial charge in [-0.3, -0.25) is 0 Å². The second kappa shape index (κ2) is 8.30. The van der Waals surface area contributed by atoms with Crippen LogP contribution in [0.3, 0.4) is 0 Å². The first-order chi connectivity index (χ1) is 13.5. The number of hydrogen-bond acceptors (Lipinski definition) is 8. The number of benzene rings is 1. The highest BCUT2D eigenvalue weighted by Crippen LogP contribution is 2.31.